The summed E-state index contributed by atoms with van der Waals surface area (Å²) in [7, 11) is 0. The fraction of sp³-hybridized carbons (Fsp3) is 0.294. The van der Waals surface area contributed by atoms with Crippen LogP contribution in [0, 0.1) is 6.92 Å². The molecule has 6 nitrogen and oxygen atoms in total. The molecule has 0 bridgehead atoms. The van der Waals surface area contributed by atoms with Crippen LogP contribution in [0.5, 0.6) is 11.5 Å². The van der Waals surface area contributed by atoms with Crippen LogP contribution in [0.3, 0.4) is 0 Å². The molecular formula is C17H18N2O4. The largest absolute Gasteiger partial charge is 0.454 e. The first-order chi connectivity index (χ1) is 11.1. The maximum absolute atomic E-state index is 12.1. The summed E-state index contributed by atoms with van der Waals surface area (Å²) < 4.78 is 12.1. The molecular weight excluding hydrogens is 296 g/mol. The highest BCUT2D eigenvalue weighted by molar-refractivity contribution is 5.94. The van der Waals surface area contributed by atoms with Crippen molar-refractivity contribution in [3.63, 3.8) is 0 Å². The van der Waals surface area contributed by atoms with Gasteiger partial charge >= 0.3 is 0 Å². The second kappa shape index (κ2) is 6.56. The Morgan fingerprint density at radius 1 is 1.22 bits per heavy atom. The quantitative estimate of drug-likeness (QED) is 0.853. The van der Waals surface area contributed by atoms with E-state index in [9.17, 15) is 9.59 Å². The number of aryl methyl sites for hydroxylation is 2. The molecule has 0 fully saturated rings. The Labute approximate surface area is 133 Å². The van der Waals surface area contributed by atoms with E-state index in [0.717, 1.165) is 5.56 Å². The number of hydrogen-bond acceptors (Lipinski definition) is 4. The van der Waals surface area contributed by atoms with E-state index < -0.39 is 0 Å². The molecule has 1 aromatic carbocycles. The Hall–Kier alpha value is -2.76. The smallest absolute Gasteiger partial charge is 0.251 e. The zero-order chi connectivity index (χ0) is 16.2. The van der Waals surface area contributed by atoms with Gasteiger partial charge in [0.15, 0.2) is 11.5 Å². The molecule has 2 heterocycles. The van der Waals surface area contributed by atoms with Crippen LogP contribution in [0.15, 0.2) is 41.3 Å². The Kier molecular flexibility index (Phi) is 4.32. The third-order valence-corrected chi connectivity index (χ3v) is 3.65. The van der Waals surface area contributed by atoms with Gasteiger partial charge in [0.2, 0.25) is 6.79 Å². The molecule has 6 heteroatoms. The Morgan fingerprint density at radius 3 is 2.87 bits per heavy atom. The van der Waals surface area contributed by atoms with Gasteiger partial charge < -0.3 is 19.4 Å². The fourth-order valence-electron chi connectivity index (χ4n) is 2.38. The van der Waals surface area contributed by atoms with Crippen LogP contribution in [-0.4, -0.2) is 23.8 Å². The van der Waals surface area contributed by atoms with Crippen molar-refractivity contribution in [2.45, 2.75) is 19.9 Å². The van der Waals surface area contributed by atoms with E-state index in [0.29, 0.717) is 36.6 Å². The number of aromatic nitrogens is 1. The van der Waals surface area contributed by atoms with E-state index in [2.05, 4.69) is 5.32 Å². The maximum atomic E-state index is 12.1. The summed E-state index contributed by atoms with van der Waals surface area (Å²) in [5.41, 5.74) is 1.45. The fourth-order valence-corrected chi connectivity index (χ4v) is 2.38. The number of ether oxygens (including phenoxy) is 2. The van der Waals surface area contributed by atoms with Crippen molar-refractivity contribution in [3.8, 4) is 11.5 Å². The minimum atomic E-state index is -0.167. The van der Waals surface area contributed by atoms with E-state index in [4.69, 9.17) is 9.47 Å². The van der Waals surface area contributed by atoms with Crippen LogP contribution in [-0.2, 0) is 6.54 Å². The molecule has 0 spiro atoms. The van der Waals surface area contributed by atoms with Crippen LogP contribution in [0.25, 0.3) is 0 Å². The molecule has 0 saturated carbocycles. The maximum Gasteiger partial charge on any atom is 0.251 e. The van der Waals surface area contributed by atoms with Gasteiger partial charge in [-0.15, -0.1) is 0 Å². The molecule has 3 rings (SSSR count). The number of rotatable bonds is 5. The summed E-state index contributed by atoms with van der Waals surface area (Å²) in [4.78, 5) is 23.8. The molecule has 0 atom stereocenters. The number of nitrogens with zero attached hydrogens (tertiary/aromatic N) is 1. The molecule has 0 radical (unpaired) electrons. The van der Waals surface area contributed by atoms with E-state index in [1.165, 1.54) is 0 Å². The Morgan fingerprint density at radius 2 is 2.04 bits per heavy atom. The van der Waals surface area contributed by atoms with Gasteiger partial charge in [0.1, 0.15) is 0 Å². The van der Waals surface area contributed by atoms with Crippen molar-refractivity contribution in [2.75, 3.05) is 13.3 Å². The summed E-state index contributed by atoms with van der Waals surface area (Å²) in [5, 5.41) is 2.84. The Bertz CT molecular complexity index is 782. The molecule has 2 aromatic rings. The van der Waals surface area contributed by atoms with E-state index in [-0.39, 0.29) is 18.3 Å². The zero-order valence-electron chi connectivity index (χ0n) is 12.9. The first kappa shape index (κ1) is 15.1. The average molecular weight is 314 g/mol. The predicted molar refractivity (Wildman–Crippen MR) is 85.0 cm³/mol. The van der Waals surface area contributed by atoms with Crippen molar-refractivity contribution < 1.29 is 14.3 Å². The Balaban J connectivity index is 1.50. The topological polar surface area (TPSA) is 69.6 Å². The van der Waals surface area contributed by atoms with Crippen molar-refractivity contribution >= 4 is 5.91 Å². The molecule has 1 aromatic heterocycles. The number of pyridine rings is 1. The molecule has 120 valence electrons. The van der Waals surface area contributed by atoms with Crippen molar-refractivity contribution in [3.05, 3.63) is 58.0 Å². The van der Waals surface area contributed by atoms with Crippen LogP contribution >= 0.6 is 0 Å². The molecule has 23 heavy (non-hydrogen) atoms. The van der Waals surface area contributed by atoms with Gasteiger partial charge in [0.05, 0.1) is 0 Å². The molecule has 0 aliphatic carbocycles. The van der Waals surface area contributed by atoms with Crippen molar-refractivity contribution in [1.82, 2.24) is 9.88 Å². The number of carbonyl (C=O) groups excluding carboxylic acids is 1. The lowest BCUT2D eigenvalue weighted by atomic mass is 10.2. The number of amides is 1. The number of fused-ring (bicyclic) bond motifs is 1. The van der Waals surface area contributed by atoms with Crippen molar-refractivity contribution in [2.24, 2.45) is 0 Å². The van der Waals surface area contributed by atoms with Gasteiger partial charge in [0, 0.05) is 30.9 Å². The average Bonchev–Trinajstić information content (AvgIpc) is 3.00. The summed E-state index contributed by atoms with van der Waals surface area (Å²) >= 11 is 0. The first-order valence-corrected chi connectivity index (χ1v) is 7.48. The molecule has 0 saturated heterocycles. The minimum absolute atomic E-state index is 0.0212. The molecule has 1 aliphatic heterocycles. The second-order valence-electron chi connectivity index (χ2n) is 5.41. The third-order valence-electron chi connectivity index (χ3n) is 3.65. The normalized spacial score (nSPS) is 12.2. The third kappa shape index (κ3) is 3.53. The van der Waals surface area contributed by atoms with E-state index in [1.807, 2.05) is 13.0 Å². The standard InChI is InChI=1S/C17H18N2O4/c1-12-5-8-19(16(20)9-12)7-2-6-18-17(21)13-3-4-14-15(10-13)23-11-22-14/h3-5,8-10H,2,6-7,11H2,1H3,(H,18,21). The van der Waals surface area contributed by atoms with Crippen LogP contribution in [0.2, 0.25) is 0 Å². The van der Waals surface area contributed by atoms with E-state index >= 15 is 0 Å². The van der Waals surface area contributed by atoms with Crippen LogP contribution in [0.4, 0.5) is 0 Å². The second-order valence-corrected chi connectivity index (χ2v) is 5.41. The lowest BCUT2D eigenvalue weighted by Crippen LogP contribution is -2.26. The SMILES string of the molecule is Cc1ccn(CCCNC(=O)c2ccc3c(c2)OCO3)c(=O)c1. The van der Waals surface area contributed by atoms with Crippen molar-refractivity contribution in [1.29, 1.82) is 0 Å². The monoisotopic (exact) mass is 314 g/mol. The number of carbonyl (C=O) groups is 1. The zero-order valence-corrected chi connectivity index (χ0v) is 12.9. The summed E-state index contributed by atoms with van der Waals surface area (Å²) in [6, 6.07) is 8.59. The summed E-state index contributed by atoms with van der Waals surface area (Å²) in [6.45, 7) is 3.14. The molecule has 0 unspecified atom stereocenters. The highest BCUT2D eigenvalue weighted by atomic mass is 16.7. The number of benzene rings is 1. The summed E-state index contributed by atoms with van der Waals surface area (Å²) in [6.07, 6.45) is 2.45. The minimum Gasteiger partial charge on any atom is -0.454 e. The number of nitrogens with one attached hydrogen (secondary N) is 1. The van der Waals surface area contributed by atoms with Gasteiger partial charge in [-0.3, -0.25) is 9.59 Å². The van der Waals surface area contributed by atoms with Gasteiger partial charge in [-0.05, 0) is 43.2 Å². The lowest BCUT2D eigenvalue weighted by molar-refractivity contribution is 0.0952. The van der Waals surface area contributed by atoms with Crippen LogP contribution < -0.4 is 20.3 Å². The highest BCUT2D eigenvalue weighted by Crippen LogP contribution is 2.32. The molecule has 1 N–H and O–H groups in total. The van der Waals surface area contributed by atoms with Gasteiger partial charge in [-0.1, -0.05) is 0 Å². The van der Waals surface area contributed by atoms with Gasteiger partial charge in [0.25, 0.3) is 11.5 Å². The van der Waals surface area contributed by atoms with Crippen LogP contribution in [0.1, 0.15) is 22.3 Å². The summed E-state index contributed by atoms with van der Waals surface area (Å²) in [5.74, 6) is 1.07. The lowest BCUT2D eigenvalue weighted by Gasteiger charge is -2.08. The van der Waals surface area contributed by atoms with Gasteiger partial charge in [-0.25, -0.2) is 0 Å². The first-order valence-electron chi connectivity index (χ1n) is 7.48. The molecule has 1 aliphatic rings. The number of hydrogen-bond donors (Lipinski definition) is 1. The van der Waals surface area contributed by atoms with Gasteiger partial charge in [-0.2, -0.15) is 0 Å². The molecule has 1 amide bonds. The van der Waals surface area contributed by atoms with E-state index in [1.54, 1.807) is 35.0 Å². The highest BCUT2D eigenvalue weighted by Gasteiger charge is 2.15. The predicted octanol–water partition coefficient (Wildman–Crippen LogP) is 1.71.